The largest absolute Gasteiger partial charge is 0.326 e. The Balaban J connectivity index is 2.19. The Bertz CT molecular complexity index is 616. The van der Waals surface area contributed by atoms with E-state index in [4.69, 9.17) is 5.73 Å². The number of hydrogen-bond acceptors (Lipinski definition) is 2. The van der Waals surface area contributed by atoms with Crippen LogP contribution in [0.3, 0.4) is 0 Å². The second kappa shape index (κ2) is 6.04. The molecular formula is C14H13F2NOS. The van der Waals surface area contributed by atoms with Gasteiger partial charge >= 0.3 is 0 Å². The average Bonchev–Trinajstić information content (AvgIpc) is 2.41. The van der Waals surface area contributed by atoms with Crippen LogP contribution in [0.25, 0.3) is 0 Å². The van der Waals surface area contributed by atoms with Crippen molar-refractivity contribution in [2.45, 2.75) is 17.2 Å². The Morgan fingerprint density at radius 3 is 2.53 bits per heavy atom. The lowest BCUT2D eigenvalue weighted by Gasteiger charge is -2.06. The predicted octanol–water partition coefficient (Wildman–Crippen LogP) is 2.73. The van der Waals surface area contributed by atoms with Crippen LogP contribution in [-0.4, -0.2) is 4.21 Å². The van der Waals surface area contributed by atoms with Crippen LogP contribution in [0.2, 0.25) is 0 Å². The number of nitrogens with two attached hydrogens (primary N) is 1. The van der Waals surface area contributed by atoms with Gasteiger partial charge in [-0.05, 0) is 29.8 Å². The molecule has 0 fully saturated rings. The Kier molecular flexibility index (Phi) is 4.39. The highest BCUT2D eigenvalue weighted by Gasteiger charge is 2.10. The summed E-state index contributed by atoms with van der Waals surface area (Å²) in [5.74, 6) is -0.877. The van der Waals surface area contributed by atoms with Crippen molar-refractivity contribution in [3.8, 4) is 0 Å². The summed E-state index contributed by atoms with van der Waals surface area (Å²) in [6, 6.07) is 10.1. The minimum atomic E-state index is -1.47. The maximum absolute atomic E-state index is 13.7. The van der Waals surface area contributed by atoms with Crippen LogP contribution < -0.4 is 5.73 Å². The quantitative estimate of drug-likeness (QED) is 0.936. The van der Waals surface area contributed by atoms with Crippen LogP contribution in [0, 0.1) is 11.6 Å². The summed E-state index contributed by atoms with van der Waals surface area (Å²) >= 11 is 0. The third-order valence-electron chi connectivity index (χ3n) is 2.70. The zero-order valence-corrected chi connectivity index (χ0v) is 10.9. The zero-order chi connectivity index (χ0) is 13.8. The molecule has 0 aromatic heterocycles. The van der Waals surface area contributed by atoms with Gasteiger partial charge in [-0.15, -0.1) is 0 Å². The second-order valence-corrected chi connectivity index (χ2v) is 5.53. The van der Waals surface area contributed by atoms with Crippen molar-refractivity contribution in [3.63, 3.8) is 0 Å². The van der Waals surface area contributed by atoms with Crippen LogP contribution in [0.15, 0.2) is 47.4 Å². The first-order valence-electron chi connectivity index (χ1n) is 5.71. The SMILES string of the molecule is NCc1ccc(CS(=O)c2cccc(F)c2)c(F)c1. The molecule has 1 unspecified atom stereocenters. The highest BCUT2D eigenvalue weighted by molar-refractivity contribution is 7.84. The summed E-state index contributed by atoms with van der Waals surface area (Å²) < 4.78 is 38.8. The predicted molar refractivity (Wildman–Crippen MR) is 70.8 cm³/mol. The molecule has 0 aliphatic heterocycles. The summed E-state index contributed by atoms with van der Waals surface area (Å²) in [4.78, 5) is 0.349. The lowest BCUT2D eigenvalue weighted by Crippen LogP contribution is -2.02. The van der Waals surface area contributed by atoms with E-state index in [1.165, 1.54) is 24.3 Å². The van der Waals surface area contributed by atoms with Gasteiger partial charge in [0.25, 0.3) is 0 Å². The molecule has 0 bridgehead atoms. The zero-order valence-electron chi connectivity index (χ0n) is 10.1. The molecule has 0 saturated carbocycles. The third kappa shape index (κ3) is 3.45. The number of halogens is 2. The maximum atomic E-state index is 13.7. The van der Waals surface area contributed by atoms with Gasteiger partial charge in [-0.2, -0.15) is 0 Å². The number of rotatable bonds is 4. The van der Waals surface area contributed by atoms with Crippen LogP contribution in [0.4, 0.5) is 8.78 Å². The Hall–Kier alpha value is -1.59. The van der Waals surface area contributed by atoms with E-state index in [1.54, 1.807) is 18.2 Å². The minimum absolute atomic E-state index is 0.0140. The molecule has 0 aliphatic rings. The fourth-order valence-electron chi connectivity index (χ4n) is 1.67. The molecule has 0 heterocycles. The van der Waals surface area contributed by atoms with Crippen molar-refractivity contribution in [1.29, 1.82) is 0 Å². The summed E-state index contributed by atoms with van der Waals surface area (Å²) in [7, 11) is -1.47. The molecule has 0 amide bonds. The highest BCUT2D eigenvalue weighted by atomic mass is 32.2. The molecule has 5 heteroatoms. The first kappa shape index (κ1) is 13.8. The van der Waals surface area contributed by atoms with Crippen molar-refractivity contribution in [3.05, 3.63) is 65.2 Å². The van der Waals surface area contributed by atoms with Gasteiger partial charge in [-0.3, -0.25) is 4.21 Å². The fourth-order valence-corrected chi connectivity index (χ4v) is 2.83. The molecule has 0 radical (unpaired) electrons. The topological polar surface area (TPSA) is 43.1 Å². The Morgan fingerprint density at radius 1 is 1.11 bits per heavy atom. The van der Waals surface area contributed by atoms with Gasteiger partial charge in [0.05, 0.1) is 16.6 Å². The van der Waals surface area contributed by atoms with Crippen molar-refractivity contribution < 1.29 is 13.0 Å². The van der Waals surface area contributed by atoms with E-state index in [0.717, 1.165) is 0 Å². The molecule has 2 nitrogen and oxygen atoms in total. The van der Waals surface area contributed by atoms with E-state index in [9.17, 15) is 13.0 Å². The maximum Gasteiger partial charge on any atom is 0.127 e. The molecule has 2 aromatic carbocycles. The second-order valence-electron chi connectivity index (χ2n) is 4.08. The molecule has 0 spiro atoms. The van der Waals surface area contributed by atoms with Gasteiger partial charge in [-0.25, -0.2) is 8.78 Å². The molecule has 2 N–H and O–H groups in total. The van der Waals surface area contributed by atoms with E-state index >= 15 is 0 Å². The highest BCUT2D eigenvalue weighted by Crippen LogP contribution is 2.17. The number of hydrogen-bond donors (Lipinski definition) is 1. The summed E-state index contributed by atoms with van der Waals surface area (Å²) in [5, 5.41) is 0. The molecule has 100 valence electrons. The first-order chi connectivity index (χ1) is 9.10. The summed E-state index contributed by atoms with van der Waals surface area (Å²) in [5.41, 5.74) is 6.42. The average molecular weight is 281 g/mol. The molecule has 19 heavy (non-hydrogen) atoms. The molecule has 0 aliphatic carbocycles. The molecule has 1 atom stereocenters. The third-order valence-corrected chi connectivity index (χ3v) is 4.05. The van der Waals surface area contributed by atoms with E-state index in [1.807, 2.05) is 0 Å². The van der Waals surface area contributed by atoms with Crippen molar-refractivity contribution >= 4 is 10.8 Å². The Labute approximate surface area is 112 Å². The van der Waals surface area contributed by atoms with Crippen LogP contribution in [-0.2, 0) is 23.1 Å². The standard InChI is InChI=1S/C14H13F2NOS/c15-12-2-1-3-13(7-12)19(18)9-11-5-4-10(8-17)6-14(11)16/h1-7H,8-9,17H2. The minimum Gasteiger partial charge on any atom is -0.326 e. The lowest BCUT2D eigenvalue weighted by molar-refractivity contribution is 0.612. The van der Waals surface area contributed by atoms with E-state index < -0.39 is 22.4 Å². The Morgan fingerprint density at radius 2 is 1.89 bits per heavy atom. The summed E-state index contributed by atoms with van der Waals surface area (Å²) in [6.07, 6.45) is 0. The van der Waals surface area contributed by atoms with Gasteiger partial charge in [-0.1, -0.05) is 18.2 Å². The van der Waals surface area contributed by atoms with Gasteiger partial charge < -0.3 is 5.73 Å². The van der Waals surface area contributed by atoms with Gasteiger partial charge in [0.15, 0.2) is 0 Å². The van der Waals surface area contributed by atoms with Crippen molar-refractivity contribution in [1.82, 2.24) is 0 Å². The van der Waals surface area contributed by atoms with Gasteiger partial charge in [0.2, 0.25) is 0 Å². The molecular weight excluding hydrogens is 268 g/mol. The van der Waals surface area contributed by atoms with Crippen LogP contribution >= 0.6 is 0 Å². The molecule has 2 aromatic rings. The summed E-state index contributed by atoms with van der Waals surface area (Å²) in [6.45, 7) is 0.254. The van der Waals surface area contributed by atoms with Crippen LogP contribution in [0.1, 0.15) is 11.1 Å². The first-order valence-corrected chi connectivity index (χ1v) is 7.03. The van der Waals surface area contributed by atoms with E-state index in [-0.39, 0.29) is 12.3 Å². The normalized spacial score (nSPS) is 12.4. The van der Waals surface area contributed by atoms with Crippen LogP contribution in [0.5, 0.6) is 0 Å². The lowest BCUT2D eigenvalue weighted by atomic mass is 10.1. The van der Waals surface area contributed by atoms with Crippen molar-refractivity contribution in [2.75, 3.05) is 0 Å². The van der Waals surface area contributed by atoms with E-state index in [2.05, 4.69) is 0 Å². The monoisotopic (exact) mass is 281 g/mol. The van der Waals surface area contributed by atoms with E-state index in [0.29, 0.717) is 16.0 Å². The van der Waals surface area contributed by atoms with Gasteiger partial charge in [0, 0.05) is 17.0 Å². The number of benzene rings is 2. The smallest absolute Gasteiger partial charge is 0.127 e. The van der Waals surface area contributed by atoms with Crippen molar-refractivity contribution in [2.24, 2.45) is 5.73 Å². The fraction of sp³-hybridized carbons (Fsp3) is 0.143. The van der Waals surface area contributed by atoms with Gasteiger partial charge in [0.1, 0.15) is 11.6 Å². The molecule has 2 rings (SSSR count). The molecule has 0 saturated heterocycles.